The van der Waals surface area contributed by atoms with E-state index in [0.29, 0.717) is 24.4 Å². The topological polar surface area (TPSA) is 96.3 Å². The Labute approximate surface area is 197 Å². The SMILES string of the molecule is Cc1ccccc1-n1nc(-c2ccccc2)cc1NC(=O)CN1C(=O)NC2(CCCCC2)C1=O. The number of nitrogens with zero attached hydrogens (tertiary/aromatic N) is 3. The summed E-state index contributed by atoms with van der Waals surface area (Å²) >= 11 is 0. The molecule has 34 heavy (non-hydrogen) atoms. The number of aromatic nitrogens is 2. The number of nitrogens with one attached hydrogen (secondary N) is 2. The van der Waals surface area contributed by atoms with Gasteiger partial charge in [-0.15, -0.1) is 0 Å². The molecule has 4 amide bonds. The summed E-state index contributed by atoms with van der Waals surface area (Å²) < 4.78 is 1.68. The van der Waals surface area contributed by atoms with Crippen LogP contribution < -0.4 is 10.6 Å². The van der Waals surface area contributed by atoms with Gasteiger partial charge in [0.15, 0.2) is 0 Å². The Morgan fingerprint density at radius 1 is 1.03 bits per heavy atom. The van der Waals surface area contributed by atoms with Crippen molar-refractivity contribution in [2.45, 2.75) is 44.6 Å². The van der Waals surface area contributed by atoms with Crippen LogP contribution in [0.15, 0.2) is 60.7 Å². The van der Waals surface area contributed by atoms with Crippen molar-refractivity contribution in [3.8, 4) is 16.9 Å². The summed E-state index contributed by atoms with van der Waals surface area (Å²) in [7, 11) is 0. The fourth-order valence-corrected chi connectivity index (χ4v) is 4.84. The van der Waals surface area contributed by atoms with Gasteiger partial charge in [-0.2, -0.15) is 5.10 Å². The molecule has 2 fully saturated rings. The molecule has 1 saturated carbocycles. The minimum absolute atomic E-state index is 0.301. The zero-order valence-electron chi connectivity index (χ0n) is 19.1. The highest BCUT2D eigenvalue weighted by Gasteiger charge is 2.51. The first-order valence-corrected chi connectivity index (χ1v) is 11.6. The van der Waals surface area contributed by atoms with Gasteiger partial charge in [0.05, 0.1) is 11.4 Å². The second kappa shape index (κ2) is 8.78. The molecular formula is C26H27N5O3. The maximum absolute atomic E-state index is 13.0. The van der Waals surface area contributed by atoms with Crippen molar-refractivity contribution in [2.75, 3.05) is 11.9 Å². The van der Waals surface area contributed by atoms with E-state index in [4.69, 9.17) is 5.10 Å². The Morgan fingerprint density at radius 3 is 2.47 bits per heavy atom. The van der Waals surface area contributed by atoms with Crippen LogP contribution in [0.25, 0.3) is 16.9 Å². The van der Waals surface area contributed by atoms with Crippen LogP contribution >= 0.6 is 0 Å². The van der Waals surface area contributed by atoms with Gasteiger partial charge in [-0.1, -0.05) is 67.8 Å². The number of urea groups is 1. The number of hydrogen-bond acceptors (Lipinski definition) is 4. The van der Waals surface area contributed by atoms with E-state index in [9.17, 15) is 14.4 Å². The second-order valence-electron chi connectivity index (χ2n) is 8.99. The van der Waals surface area contributed by atoms with Crippen LogP contribution in [0.5, 0.6) is 0 Å². The average molecular weight is 458 g/mol. The number of hydrogen-bond donors (Lipinski definition) is 2. The van der Waals surface area contributed by atoms with Crippen molar-refractivity contribution >= 4 is 23.7 Å². The molecule has 8 nitrogen and oxygen atoms in total. The molecule has 0 unspecified atom stereocenters. The number of aryl methyl sites for hydroxylation is 1. The molecule has 1 saturated heterocycles. The highest BCUT2D eigenvalue weighted by Crippen LogP contribution is 2.33. The van der Waals surface area contributed by atoms with E-state index >= 15 is 0 Å². The van der Waals surface area contributed by atoms with Crippen molar-refractivity contribution < 1.29 is 14.4 Å². The van der Waals surface area contributed by atoms with E-state index in [1.165, 1.54) is 0 Å². The summed E-state index contributed by atoms with van der Waals surface area (Å²) in [5.41, 5.74) is 2.60. The molecule has 1 aliphatic heterocycles. The minimum atomic E-state index is -0.848. The predicted octanol–water partition coefficient (Wildman–Crippen LogP) is 4.04. The van der Waals surface area contributed by atoms with E-state index in [1.54, 1.807) is 10.7 Å². The molecule has 8 heteroatoms. The molecule has 174 valence electrons. The standard InChI is InChI=1S/C26H27N5O3/c1-18-10-6-7-13-21(18)31-22(16-20(29-31)19-11-4-2-5-12-19)27-23(32)17-30-24(33)26(28-25(30)34)14-8-3-9-15-26/h2,4-7,10-13,16H,3,8-9,14-15,17H2,1H3,(H,27,32)(H,28,34). The number of para-hydroxylation sites is 1. The molecule has 2 aliphatic rings. The highest BCUT2D eigenvalue weighted by atomic mass is 16.2. The van der Waals surface area contributed by atoms with Gasteiger partial charge in [0.2, 0.25) is 5.91 Å². The van der Waals surface area contributed by atoms with E-state index in [1.807, 2.05) is 61.5 Å². The van der Waals surface area contributed by atoms with E-state index in [2.05, 4.69) is 10.6 Å². The molecule has 0 bridgehead atoms. The van der Waals surface area contributed by atoms with Gasteiger partial charge < -0.3 is 10.6 Å². The van der Waals surface area contributed by atoms with Crippen LogP contribution in [0, 0.1) is 6.92 Å². The van der Waals surface area contributed by atoms with Gasteiger partial charge in [-0.25, -0.2) is 9.48 Å². The van der Waals surface area contributed by atoms with E-state index in [0.717, 1.165) is 41.0 Å². The normalized spacial score (nSPS) is 17.1. The molecule has 2 N–H and O–H groups in total. The molecule has 1 spiro atoms. The lowest BCUT2D eigenvalue weighted by Gasteiger charge is -2.30. The van der Waals surface area contributed by atoms with Crippen LogP contribution in [0.3, 0.4) is 0 Å². The third kappa shape index (κ3) is 3.96. The van der Waals surface area contributed by atoms with Crippen LogP contribution in [-0.4, -0.2) is 44.6 Å². The molecule has 1 aliphatic carbocycles. The summed E-state index contributed by atoms with van der Waals surface area (Å²) in [6, 6.07) is 18.7. The Balaban J connectivity index is 1.41. The molecule has 0 radical (unpaired) electrons. The van der Waals surface area contributed by atoms with Crippen LogP contribution in [0.1, 0.15) is 37.7 Å². The average Bonchev–Trinajstić information content (AvgIpc) is 3.35. The van der Waals surface area contributed by atoms with Crippen molar-refractivity contribution in [1.82, 2.24) is 20.0 Å². The number of carbonyl (C=O) groups excluding carboxylic acids is 3. The van der Waals surface area contributed by atoms with Gasteiger partial charge in [0.1, 0.15) is 17.9 Å². The first kappa shape index (κ1) is 21.9. The van der Waals surface area contributed by atoms with Gasteiger partial charge >= 0.3 is 6.03 Å². The number of rotatable bonds is 5. The van der Waals surface area contributed by atoms with Crippen LogP contribution in [-0.2, 0) is 9.59 Å². The lowest BCUT2D eigenvalue weighted by atomic mass is 9.82. The van der Waals surface area contributed by atoms with Crippen LogP contribution in [0.2, 0.25) is 0 Å². The quantitative estimate of drug-likeness (QED) is 0.565. The van der Waals surface area contributed by atoms with Gasteiger partial charge in [-0.05, 0) is 31.4 Å². The molecule has 2 aromatic carbocycles. The fraction of sp³-hybridized carbons (Fsp3) is 0.308. The number of benzene rings is 2. The Kier molecular flexibility index (Phi) is 5.65. The van der Waals surface area contributed by atoms with Crippen molar-refractivity contribution in [1.29, 1.82) is 0 Å². The highest BCUT2D eigenvalue weighted by molar-refractivity contribution is 6.10. The van der Waals surface area contributed by atoms with Gasteiger partial charge in [0, 0.05) is 11.6 Å². The molecule has 1 aromatic heterocycles. The van der Waals surface area contributed by atoms with E-state index < -0.39 is 17.5 Å². The Bertz CT molecular complexity index is 1240. The summed E-state index contributed by atoms with van der Waals surface area (Å²) in [6.45, 7) is 1.63. The van der Waals surface area contributed by atoms with Crippen LogP contribution in [0.4, 0.5) is 10.6 Å². The zero-order valence-corrected chi connectivity index (χ0v) is 19.1. The number of imide groups is 1. The maximum Gasteiger partial charge on any atom is 0.325 e. The first-order chi connectivity index (χ1) is 16.5. The fourth-order valence-electron chi connectivity index (χ4n) is 4.84. The lowest BCUT2D eigenvalue weighted by molar-refractivity contribution is -0.134. The second-order valence-corrected chi connectivity index (χ2v) is 8.99. The molecule has 3 aromatic rings. The third-order valence-electron chi connectivity index (χ3n) is 6.64. The number of amides is 4. The maximum atomic E-state index is 13.0. The van der Waals surface area contributed by atoms with E-state index in [-0.39, 0.29) is 12.5 Å². The summed E-state index contributed by atoms with van der Waals surface area (Å²) in [5, 5.41) is 10.5. The molecule has 0 atom stereocenters. The monoisotopic (exact) mass is 457 g/mol. The summed E-state index contributed by atoms with van der Waals surface area (Å²) in [5.74, 6) is -0.284. The Hall–Kier alpha value is -3.94. The summed E-state index contributed by atoms with van der Waals surface area (Å²) in [6.07, 6.45) is 4.08. The van der Waals surface area contributed by atoms with Crippen molar-refractivity contribution in [2.24, 2.45) is 0 Å². The number of anilines is 1. The number of carbonyl (C=O) groups is 3. The molecule has 2 heterocycles. The van der Waals surface area contributed by atoms with Gasteiger partial charge in [0.25, 0.3) is 5.91 Å². The molecule has 5 rings (SSSR count). The first-order valence-electron chi connectivity index (χ1n) is 11.6. The minimum Gasteiger partial charge on any atom is -0.323 e. The smallest absolute Gasteiger partial charge is 0.323 e. The summed E-state index contributed by atoms with van der Waals surface area (Å²) in [4.78, 5) is 39.7. The molecular weight excluding hydrogens is 430 g/mol. The third-order valence-corrected chi connectivity index (χ3v) is 6.64. The lowest BCUT2D eigenvalue weighted by Crippen LogP contribution is -2.48. The van der Waals surface area contributed by atoms with Gasteiger partial charge in [-0.3, -0.25) is 14.5 Å². The van der Waals surface area contributed by atoms with Crippen molar-refractivity contribution in [3.05, 3.63) is 66.2 Å². The largest absolute Gasteiger partial charge is 0.325 e. The predicted molar refractivity (Wildman–Crippen MR) is 128 cm³/mol. The van der Waals surface area contributed by atoms with Crippen molar-refractivity contribution in [3.63, 3.8) is 0 Å². The Morgan fingerprint density at radius 2 is 1.74 bits per heavy atom. The zero-order chi connectivity index (χ0) is 23.7.